The molecule has 1 heterocycles. The Bertz CT molecular complexity index is 860. The first-order valence-electron chi connectivity index (χ1n) is 6.48. The molecule has 1 aromatic heterocycles. The molecule has 0 aliphatic heterocycles. The van der Waals surface area contributed by atoms with Crippen LogP contribution in [0.3, 0.4) is 0 Å². The molecule has 21 heavy (non-hydrogen) atoms. The first-order valence-corrected chi connectivity index (χ1v) is 6.48. The zero-order valence-corrected chi connectivity index (χ0v) is 11.2. The van der Waals surface area contributed by atoms with Crippen LogP contribution in [-0.4, -0.2) is 14.0 Å². The molecule has 106 valence electrons. The second-order valence-electron chi connectivity index (χ2n) is 4.63. The van der Waals surface area contributed by atoms with Crippen molar-refractivity contribution >= 4 is 0 Å². The molecular formula is C15H14N4O2. The van der Waals surface area contributed by atoms with E-state index in [9.17, 15) is 9.59 Å². The summed E-state index contributed by atoms with van der Waals surface area (Å²) in [4.78, 5) is 24.3. The molecule has 0 radical (unpaired) electrons. The average Bonchev–Trinajstić information content (AvgIpc) is 2.74. The molecule has 2 aromatic carbocycles. The Balaban J connectivity index is 2.19. The fourth-order valence-electron chi connectivity index (χ4n) is 2.21. The maximum absolute atomic E-state index is 12.2. The third-order valence-electron chi connectivity index (χ3n) is 3.23. The highest BCUT2D eigenvalue weighted by atomic mass is 16.2. The lowest BCUT2D eigenvalue weighted by Gasteiger charge is -2.09. The van der Waals surface area contributed by atoms with Crippen molar-refractivity contribution in [2.75, 3.05) is 5.84 Å². The summed E-state index contributed by atoms with van der Waals surface area (Å²) >= 11 is 0. The lowest BCUT2D eigenvalue weighted by Crippen LogP contribution is -2.35. The Morgan fingerprint density at radius 1 is 0.810 bits per heavy atom. The topological polar surface area (TPSA) is 74.9 Å². The van der Waals surface area contributed by atoms with E-state index in [2.05, 4.69) is 0 Å². The third-order valence-corrected chi connectivity index (χ3v) is 3.23. The van der Waals surface area contributed by atoms with Gasteiger partial charge in [-0.2, -0.15) is 9.36 Å². The van der Waals surface area contributed by atoms with Gasteiger partial charge in [0.15, 0.2) is 0 Å². The van der Waals surface area contributed by atoms with Crippen LogP contribution < -0.4 is 17.2 Å². The molecule has 3 rings (SSSR count). The quantitative estimate of drug-likeness (QED) is 0.713. The van der Waals surface area contributed by atoms with Gasteiger partial charge in [0.1, 0.15) is 0 Å². The van der Waals surface area contributed by atoms with Crippen LogP contribution in [0, 0.1) is 0 Å². The monoisotopic (exact) mass is 282 g/mol. The number of nitrogens with two attached hydrogens (primary N) is 1. The van der Waals surface area contributed by atoms with Gasteiger partial charge < -0.3 is 5.84 Å². The number of benzene rings is 2. The minimum absolute atomic E-state index is 0.272. The summed E-state index contributed by atoms with van der Waals surface area (Å²) in [5.41, 5.74) is 0.393. The van der Waals surface area contributed by atoms with Gasteiger partial charge in [-0.05, 0) is 17.7 Å². The molecule has 0 amide bonds. The van der Waals surface area contributed by atoms with Crippen molar-refractivity contribution in [3.05, 3.63) is 87.2 Å². The fraction of sp³-hybridized carbons (Fsp3) is 0.0667. The van der Waals surface area contributed by atoms with Crippen LogP contribution in [0.15, 0.2) is 70.3 Å². The van der Waals surface area contributed by atoms with E-state index in [0.29, 0.717) is 10.4 Å². The lowest BCUT2D eigenvalue weighted by molar-refractivity contribution is 0.575. The molecule has 0 aliphatic rings. The predicted octanol–water partition coefficient (Wildman–Crippen LogP) is 0.563. The number of aromatic nitrogens is 3. The summed E-state index contributed by atoms with van der Waals surface area (Å²) in [6, 6.07) is 18.4. The highest BCUT2D eigenvalue weighted by Gasteiger charge is 2.15. The standard InChI is InChI=1S/C15H14N4O2/c16-18-14(20)17(11-12-7-3-1-4-8-12)19(15(18)21)13-9-5-2-6-10-13/h1-10H,11,16H2. The highest BCUT2D eigenvalue weighted by molar-refractivity contribution is 5.30. The second kappa shape index (κ2) is 5.16. The number of rotatable bonds is 3. The van der Waals surface area contributed by atoms with E-state index in [1.54, 1.807) is 24.3 Å². The smallest absolute Gasteiger partial charge is 0.331 e. The van der Waals surface area contributed by atoms with Crippen LogP contribution in [0.5, 0.6) is 0 Å². The summed E-state index contributed by atoms with van der Waals surface area (Å²) in [7, 11) is 0. The minimum atomic E-state index is -0.567. The summed E-state index contributed by atoms with van der Waals surface area (Å²) in [5, 5.41) is 0. The first-order chi connectivity index (χ1) is 10.2. The molecule has 6 heteroatoms. The van der Waals surface area contributed by atoms with Crippen LogP contribution in [-0.2, 0) is 6.54 Å². The molecule has 0 saturated carbocycles. The zero-order chi connectivity index (χ0) is 14.8. The van der Waals surface area contributed by atoms with Gasteiger partial charge in [-0.3, -0.25) is 0 Å². The van der Waals surface area contributed by atoms with Gasteiger partial charge in [0.2, 0.25) is 0 Å². The molecule has 3 aromatic rings. The zero-order valence-electron chi connectivity index (χ0n) is 11.2. The maximum atomic E-state index is 12.2. The van der Waals surface area contributed by atoms with Crippen LogP contribution in [0.1, 0.15) is 5.56 Å². The molecule has 0 bridgehead atoms. The van der Waals surface area contributed by atoms with Crippen molar-refractivity contribution in [1.29, 1.82) is 0 Å². The second-order valence-corrected chi connectivity index (χ2v) is 4.63. The number of nitrogens with zero attached hydrogens (tertiary/aromatic N) is 3. The SMILES string of the molecule is Nn1c(=O)n(Cc2ccccc2)n(-c2ccccc2)c1=O. The Morgan fingerprint density at radius 3 is 2.00 bits per heavy atom. The molecule has 0 saturated heterocycles. The Morgan fingerprint density at radius 2 is 1.38 bits per heavy atom. The van der Waals surface area contributed by atoms with Gasteiger partial charge in [0.25, 0.3) is 0 Å². The molecule has 0 atom stereocenters. The van der Waals surface area contributed by atoms with E-state index in [0.717, 1.165) is 5.56 Å². The van der Waals surface area contributed by atoms with Crippen molar-refractivity contribution in [2.45, 2.75) is 6.54 Å². The maximum Gasteiger partial charge on any atom is 0.370 e. The largest absolute Gasteiger partial charge is 0.370 e. The van der Waals surface area contributed by atoms with Gasteiger partial charge in [0.05, 0.1) is 12.2 Å². The minimum Gasteiger partial charge on any atom is -0.331 e. The Kier molecular flexibility index (Phi) is 3.19. The van der Waals surface area contributed by atoms with Gasteiger partial charge in [0, 0.05) is 0 Å². The molecular weight excluding hydrogens is 268 g/mol. The number of hydrogen-bond acceptors (Lipinski definition) is 3. The van der Waals surface area contributed by atoms with E-state index >= 15 is 0 Å². The average molecular weight is 282 g/mol. The molecule has 0 fully saturated rings. The van der Waals surface area contributed by atoms with Gasteiger partial charge in [-0.15, -0.1) is 0 Å². The lowest BCUT2D eigenvalue weighted by atomic mass is 10.2. The molecule has 0 spiro atoms. The molecule has 6 nitrogen and oxygen atoms in total. The predicted molar refractivity (Wildman–Crippen MR) is 80.0 cm³/mol. The van der Waals surface area contributed by atoms with Crippen molar-refractivity contribution in [3.8, 4) is 5.69 Å². The Hall–Kier alpha value is -3.02. The van der Waals surface area contributed by atoms with Crippen LogP contribution in [0.2, 0.25) is 0 Å². The van der Waals surface area contributed by atoms with Crippen molar-refractivity contribution < 1.29 is 0 Å². The first kappa shape index (κ1) is 13.0. The van der Waals surface area contributed by atoms with Gasteiger partial charge in [-0.25, -0.2) is 14.3 Å². The summed E-state index contributed by atoms with van der Waals surface area (Å²) in [5.74, 6) is 5.54. The summed E-state index contributed by atoms with van der Waals surface area (Å²) in [6.07, 6.45) is 0. The van der Waals surface area contributed by atoms with E-state index in [1.165, 1.54) is 9.36 Å². The molecule has 2 N–H and O–H groups in total. The van der Waals surface area contributed by atoms with E-state index in [4.69, 9.17) is 5.84 Å². The van der Waals surface area contributed by atoms with Crippen LogP contribution in [0.25, 0.3) is 5.69 Å². The van der Waals surface area contributed by atoms with Gasteiger partial charge in [-0.1, -0.05) is 48.5 Å². The summed E-state index contributed by atoms with van der Waals surface area (Å²) in [6.45, 7) is 0.272. The Labute approximate surface area is 120 Å². The fourth-order valence-corrected chi connectivity index (χ4v) is 2.21. The summed E-state index contributed by atoms with van der Waals surface area (Å²) < 4.78 is 3.23. The number of nitrogen functional groups attached to an aromatic ring is 1. The van der Waals surface area contributed by atoms with E-state index in [1.807, 2.05) is 36.4 Å². The van der Waals surface area contributed by atoms with Crippen LogP contribution in [0.4, 0.5) is 0 Å². The highest BCUT2D eigenvalue weighted by Crippen LogP contribution is 2.05. The van der Waals surface area contributed by atoms with Crippen molar-refractivity contribution in [2.24, 2.45) is 0 Å². The normalized spacial score (nSPS) is 10.7. The van der Waals surface area contributed by atoms with E-state index in [-0.39, 0.29) is 6.54 Å². The van der Waals surface area contributed by atoms with Crippen molar-refractivity contribution in [3.63, 3.8) is 0 Å². The van der Waals surface area contributed by atoms with E-state index < -0.39 is 11.4 Å². The number of hydrogen-bond donors (Lipinski definition) is 1. The molecule has 0 unspecified atom stereocenters. The number of para-hydroxylation sites is 1. The van der Waals surface area contributed by atoms with Crippen molar-refractivity contribution in [1.82, 2.24) is 14.0 Å². The molecule has 0 aliphatic carbocycles. The third kappa shape index (κ3) is 2.27. The van der Waals surface area contributed by atoms with Gasteiger partial charge >= 0.3 is 11.4 Å². The van der Waals surface area contributed by atoms with Crippen LogP contribution >= 0.6 is 0 Å².